The summed E-state index contributed by atoms with van der Waals surface area (Å²) in [6.07, 6.45) is 3.24. The molecule has 1 aromatic rings. The third-order valence-corrected chi connectivity index (χ3v) is 4.62. The van der Waals surface area contributed by atoms with Gasteiger partial charge in [0.2, 0.25) is 10.0 Å². The number of anilines is 1. The fraction of sp³-hybridized carbons (Fsp3) is 0.583. The molecule has 0 saturated heterocycles. The zero-order chi connectivity index (χ0) is 14.5. The van der Waals surface area contributed by atoms with Crippen molar-refractivity contribution in [3.63, 3.8) is 0 Å². The van der Waals surface area contributed by atoms with Crippen molar-refractivity contribution in [3.05, 3.63) is 18.3 Å². The number of nitrogens with zero attached hydrogens (tertiary/aromatic N) is 2. The maximum Gasteiger partial charge on any atom is 0.244 e. The van der Waals surface area contributed by atoms with Crippen LogP contribution < -0.4 is 5.32 Å². The van der Waals surface area contributed by atoms with Crippen molar-refractivity contribution in [2.75, 3.05) is 26.0 Å². The summed E-state index contributed by atoms with van der Waals surface area (Å²) in [7, 11) is -0.415. The van der Waals surface area contributed by atoms with Crippen molar-refractivity contribution >= 4 is 27.4 Å². The normalized spacial score (nSPS) is 13.5. The molecule has 108 valence electrons. The Kier molecular flexibility index (Phi) is 6.03. The lowest BCUT2D eigenvalue weighted by atomic mass is 10.2. The molecule has 1 atom stereocenters. The first-order valence-electron chi connectivity index (χ1n) is 6.10. The van der Waals surface area contributed by atoms with Crippen molar-refractivity contribution in [1.29, 1.82) is 0 Å². The van der Waals surface area contributed by atoms with E-state index in [-0.39, 0.29) is 10.3 Å². The number of hydrogen-bond donors (Lipinski definition) is 1. The molecular formula is C12H20ClN3O2S. The van der Waals surface area contributed by atoms with Crippen molar-refractivity contribution in [3.8, 4) is 0 Å². The second kappa shape index (κ2) is 7.07. The molecule has 0 saturated carbocycles. The Bertz CT molecular complexity index is 486. The molecule has 0 aliphatic rings. The van der Waals surface area contributed by atoms with Crippen LogP contribution in [0, 0.1) is 0 Å². The van der Waals surface area contributed by atoms with Gasteiger partial charge in [0, 0.05) is 32.2 Å². The fourth-order valence-electron chi connectivity index (χ4n) is 1.45. The van der Waals surface area contributed by atoms with Gasteiger partial charge < -0.3 is 5.32 Å². The monoisotopic (exact) mass is 305 g/mol. The van der Waals surface area contributed by atoms with E-state index in [9.17, 15) is 8.42 Å². The Morgan fingerprint density at radius 1 is 1.42 bits per heavy atom. The average molecular weight is 306 g/mol. The van der Waals surface area contributed by atoms with E-state index in [4.69, 9.17) is 11.6 Å². The maximum absolute atomic E-state index is 11.8. The van der Waals surface area contributed by atoms with Gasteiger partial charge in [-0.3, -0.25) is 0 Å². The predicted molar refractivity (Wildman–Crippen MR) is 78.1 cm³/mol. The third-order valence-electron chi connectivity index (χ3n) is 2.60. The zero-order valence-corrected chi connectivity index (χ0v) is 13.0. The minimum atomic E-state index is -3.40. The van der Waals surface area contributed by atoms with Gasteiger partial charge in [-0.2, -0.15) is 0 Å². The van der Waals surface area contributed by atoms with Gasteiger partial charge >= 0.3 is 0 Å². The van der Waals surface area contributed by atoms with Crippen LogP contribution in [-0.2, 0) is 10.0 Å². The van der Waals surface area contributed by atoms with Gasteiger partial charge in [-0.15, -0.1) is 11.6 Å². The van der Waals surface area contributed by atoms with E-state index in [0.29, 0.717) is 5.82 Å². The number of nitrogens with one attached hydrogen (secondary N) is 1. The van der Waals surface area contributed by atoms with Crippen LogP contribution in [0.4, 0.5) is 5.82 Å². The molecule has 0 bridgehead atoms. The minimum absolute atomic E-state index is 0.169. The molecule has 0 amide bonds. The Balaban J connectivity index is 2.58. The number of pyridine rings is 1. The molecule has 0 spiro atoms. The van der Waals surface area contributed by atoms with E-state index in [1.54, 1.807) is 12.1 Å². The van der Waals surface area contributed by atoms with Crippen LogP contribution in [0.3, 0.4) is 0 Å². The first-order valence-corrected chi connectivity index (χ1v) is 7.98. The van der Waals surface area contributed by atoms with E-state index >= 15 is 0 Å². The molecule has 7 heteroatoms. The summed E-state index contributed by atoms with van der Waals surface area (Å²) in [5, 5.41) is 3.30. The molecule has 5 nitrogen and oxygen atoms in total. The lowest BCUT2D eigenvalue weighted by Gasteiger charge is -2.11. The van der Waals surface area contributed by atoms with E-state index < -0.39 is 10.0 Å². The summed E-state index contributed by atoms with van der Waals surface area (Å²) in [5.74, 6) is 0.667. The van der Waals surface area contributed by atoms with Crippen LogP contribution in [-0.4, -0.2) is 43.7 Å². The van der Waals surface area contributed by atoms with Gasteiger partial charge in [0.1, 0.15) is 10.7 Å². The lowest BCUT2D eigenvalue weighted by molar-refractivity contribution is 0.520. The van der Waals surface area contributed by atoms with Crippen LogP contribution >= 0.6 is 11.6 Å². The number of hydrogen-bond acceptors (Lipinski definition) is 4. The molecule has 1 heterocycles. The van der Waals surface area contributed by atoms with Crippen molar-refractivity contribution in [2.24, 2.45) is 0 Å². The number of rotatable bonds is 7. The molecule has 0 aliphatic heterocycles. The Morgan fingerprint density at radius 2 is 2.11 bits per heavy atom. The van der Waals surface area contributed by atoms with E-state index in [0.717, 1.165) is 19.4 Å². The molecule has 0 radical (unpaired) electrons. The second-order valence-electron chi connectivity index (χ2n) is 4.52. The predicted octanol–water partition coefficient (Wildman–Crippen LogP) is 2.15. The molecule has 0 fully saturated rings. The van der Waals surface area contributed by atoms with Gasteiger partial charge in [0.05, 0.1) is 0 Å². The molecule has 1 N–H and O–H groups in total. The average Bonchev–Trinajstić information content (AvgIpc) is 2.35. The largest absolute Gasteiger partial charge is 0.370 e. The van der Waals surface area contributed by atoms with Gasteiger partial charge in [-0.05, 0) is 31.9 Å². The van der Waals surface area contributed by atoms with Crippen LogP contribution in [0.1, 0.15) is 19.8 Å². The molecule has 0 aliphatic carbocycles. The molecule has 19 heavy (non-hydrogen) atoms. The molecule has 0 aromatic carbocycles. The Hall–Kier alpha value is -0.850. The molecule has 1 unspecified atom stereocenters. The maximum atomic E-state index is 11.8. The molecular weight excluding hydrogens is 286 g/mol. The van der Waals surface area contributed by atoms with Crippen molar-refractivity contribution in [1.82, 2.24) is 9.29 Å². The third kappa shape index (κ3) is 4.97. The molecule has 1 rings (SSSR count). The summed E-state index contributed by atoms with van der Waals surface area (Å²) < 4.78 is 24.8. The summed E-state index contributed by atoms with van der Waals surface area (Å²) in [4.78, 5) is 4.29. The minimum Gasteiger partial charge on any atom is -0.370 e. The second-order valence-corrected chi connectivity index (χ2v) is 7.41. The van der Waals surface area contributed by atoms with Crippen LogP contribution in [0.25, 0.3) is 0 Å². The van der Waals surface area contributed by atoms with Gasteiger partial charge in [0.15, 0.2) is 0 Å². The van der Waals surface area contributed by atoms with E-state index in [2.05, 4.69) is 10.3 Å². The number of alkyl halides is 1. The zero-order valence-electron chi connectivity index (χ0n) is 11.4. The Morgan fingerprint density at radius 3 is 2.58 bits per heavy atom. The van der Waals surface area contributed by atoms with E-state index in [1.807, 2.05) is 6.92 Å². The number of sulfonamides is 1. The van der Waals surface area contributed by atoms with Gasteiger partial charge in [-0.25, -0.2) is 17.7 Å². The highest BCUT2D eigenvalue weighted by molar-refractivity contribution is 7.89. The number of halogens is 1. The summed E-state index contributed by atoms with van der Waals surface area (Å²) >= 11 is 5.85. The smallest absolute Gasteiger partial charge is 0.244 e. The first-order chi connectivity index (χ1) is 8.84. The fourth-order valence-corrected chi connectivity index (χ4v) is 2.45. The quantitative estimate of drug-likeness (QED) is 0.619. The summed E-state index contributed by atoms with van der Waals surface area (Å²) in [5.41, 5.74) is 0. The number of aromatic nitrogens is 1. The topological polar surface area (TPSA) is 62.3 Å². The van der Waals surface area contributed by atoms with E-state index in [1.165, 1.54) is 24.6 Å². The lowest BCUT2D eigenvalue weighted by Crippen LogP contribution is -2.22. The first kappa shape index (κ1) is 16.2. The van der Waals surface area contributed by atoms with Gasteiger partial charge in [0.25, 0.3) is 0 Å². The van der Waals surface area contributed by atoms with Crippen molar-refractivity contribution in [2.45, 2.75) is 30.0 Å². The summed E-state index contributed by atoms with van der Waals surface area (Å²) in [6, 6.07) is 3.22. The molecule has 1 aromatic heterocycles. The SMILES string of the molecule is CC(Cl)CCCNc1ccc(S(=O)(=O)N(C)C)cn1. The van der Waals surface area contributed by atoms with Gasteiger partial charge in [-0.1, -0.05) is 0 Å². The summed E-state index contributed by atoms with van der Waals surface area (Å²) in [6.45, 7) is 2.73. The van der Waals surface area contributed by atoms with Crippen LogP contribution in [0.5, 0.6) is 0 Å². The van der Waals surface area contributed by atoms with Crippen LogP contribution in [0.15, 0.2) is 23.2 Å². The standard InChI is InChI=1S/C12H20ClN3O2S/c1-10(13)5-4-8-14-12-7-6-11(9-15-12)19(17,18)16(2)3/h6-7,9-10H,4-5,8H2,1-3H3,(H,14,15). The van der Waals surface area contributed by atoms with Crippen LogP contribution in [0.2, 0.25) is 0 Å². The highest BCUT2D eigenvalue weighted by Crippen LogP contribution is 2.14. The highest BCUT2D eigenvalue weighted by Gasteiger charge is 2.17. The Labute approximate surface area is 120 Å². The van der Waals surface area contributed by atoms with Crippen molar-refractivity contribution < 1.29 is 8.42 Å². The highest BCUT2D eigenvalue weighted by atomic mass is 35.5.